The molecular formula is C18H20N4O2. The number of aromatic nitrogens is 3. The molecular weight excluding hydrogens is 304 g/mol. The first-order valence-corrected chi connectivity index (χ1v) is 8.17. The van der Waals surface area contributed by atoms with Crippen LogP contribution >= 0.6 is 0 Å². The molecule has 3 aromatic rings. The topological polar surface area (TPSA) is 62.9 Å². The van der Waals surface area contributed by atoms with Gasteiger partial charge in [0, 0.05) is 31.0 Å². The number of anilines is 1. The average Bonchev–Trinajstić information content (AvgIpc) is 3.06. The van der Waals surface area contributed by atoms with E-state index in [9.17, 15) is 5.11 Å². The molecule has 1 N–H and O–H groups in total. The van der Waals surface area contributed by atoms with Crippen LogP contribution in [0.1, 0.15) is 12.8 Å². The summed E-state index contributed by atoms with van der Waals surface area (Å²) in [6, 6.07) is 9.91. The molecule has 4 rings (SSSR count). The molecule has 1 aliphatic heterocycles. The van der Waals surface area contributed by atoms with Gasteiger partial charge in [0.15, 0.2) is 5.82 Å². The maximum atomic E-state index is 9.72. The Labute approximate surface area is 140 Å². The second-order valence-corrected chi connectivity index (χ2v) is 6.03. The molecule has 1 aromatic carbocycles. The molecule has 124 valence electrons. The SMILES string of the molecule is COc1ccccc1-c1cc2c(N3CCC(O)CC3)nccn2n1. The third-order valence-corrected chi connectivity index (χ3v) is 4.52. The van der Waals surface area contributed by atoms with Crippen LogP contribution in [0.4, 0.5) is 5.82 Å². The quantitative estimate of drug-likeness (QED) is 0.801. The first-order valence-electron chi connectivity index (χ1n) is 8.17. The van der Waals surface area contributed by atoms with Crippen LogP contribution in [-0.2, 0) is 0 Å². The number of fused-ring (bicyclic) bond motifs is 1. The lowest BCUT2D eigenvalue weighted by molar-refractivity contribution is 0.145. The number of aliphatic hydroxyl groups excluding tert-OH is 1. The summed E-state index contributed by atoms with van der Waals surface area (Å²) in [5, 5.41) is 14.4. The number of benzene rings is 1. The van der Waals surface area contributed by atoms with E-state index in [4.69, 9.17) is 4.74 Å². The van der Waals surface area contributed by atoms with Crippen molar-refractivity contribution in [3.8, 4) is 17.0 Å². The fraction of sp³-hybridized carbons (Fsp3) is 0.333. The number of methoxy groups -OCH3 is 1. The summed E-state index contributed by atoms with van der Waals surface area (Å²) < 4.78 is 7.31. The van der Waals surface area contributed by atoms with Crippen molar-refractivity contribution < 1.29 is 9.84 Å². The molecule has 6 heteroatoms. The minimum absolute atomic E-state index is 0.199. The Hall–Kier alpha value is -2.60. The maximum Gasteiger partial charge on any atom is 0.154 e. The number of ether oxygens (including phenoxy) is 1. The average molecular weight is 324 g/mol. The summed E-state index contributed by atoms with van der Waals surface area (Å²) in [5.74, 6) is 1.72. The second kappa shape index (κ2) is 6.13. The monoisotopic (exact) mass is 324 g/mol. The fourth-order valence-electron chi connectivity index (χ4n) is 3.22. The summed E-state index contributed by atoms with van der Waals surface area (Å²) >= 11 is 0. The van der Waals surface area contributed by atoms with Crippen molar-refractivity contribution in [2.75, 3.05) is 25.1 Å². The summed E-state index contributed by atoms with van der Waals surface area (Å²) in [5.41, 5.74) is 2.79. The van der Waals surface area contributed by atoms with Gasteiger partial charge < -0.3 is 14.7 Å². The van der Waals surface area contributed by atoms with Gasteiger partial charge in [0.2, 0.25) is 0 Å². The number of nitrogens with zero attached hydrogens (tertiary/aromatic N) is 4. The summed E-state index contributed by atoms with van der Waals surface area (Å²) in [6.45, 7) is 1.62. The molecule has 0 unspecified atom stereocenters. The van der Waals surface area contributed by atoms with Crippen LogP contribution in [-0.4, -0.2) is 46.0 Å². The number of hydrogen-bond acceptors (Lipinski definition) is 5. The summed E-state index contributed by atoms with van der Waals surface area (Å²) in [7, 11) is 1.67. The lowest BCUT2D eigenvalue weighted by atomic mass is 10.1. The van der Waals surface area contributed by atoms with Crippen LogP contribution in [0.2, 0.25) is 0 Å². The highest BCUT2D eigenvalue weighted by Gasteiger charge is 2.21. The highest BCUT2D eigenvalue weighted by molar-refractivity contribution is 5.77. The molecule has 0 spiro atoms. The van der Waals surface area contributed by atoms with Crippen molar-refractivity contribution in [1.82, 2.24) is 14.6 Å². The van der Waals surface area contributed by atoms with Crippen molar-refractivity contribution >= 4 is 11.3 Å². The Morgan fingerprint density at radius 3 is 2.79 bits per heavy atom. The fourth-order valence-corrected chi connectivity index (χ4v) is 3.22. The third-order valence-electron chi connectivity index (χ3n) is 4.52. The van der Waals surface area contributed by atoms with Crippen molar-refractivity contribution in [3.05, 3.63) is 42.7 Å². The van der Waals surface area contributed by atoms with Gasteiger partial charge >= 0.3 is 0 Å². The van der Waals surface area contributed by atoms with E-state index in [0.717, 1.165) is 54.3 Å². The highest BCUT2D eigenvalue weighted by Crippen LogP contribution is 2.31. The molecule has 1 aliphatic rings. The molecule has 0 aliphatic carbocycles. The normalized spacial score (nSPS) is 15.8. The zero-order chi connectivity index (χ0) is 16.5. The minimum atomic E-state index is -0.199. The molecule has 1 saturated heterocycles. The van der Waals surface area contributed by atoms with Crippen molar-refractivity contribution in [2.24, 2.45) is 0 Å². The third kappa shape index (κ3) is 2.59. The van der Waals surface area contributed by atoms with E-state index in [-0.39, 0.29) is 6.10 Å². The van der Waals surface area contributed by atoms with E-state index in [0.29, 0.717) is 0 Å². The Balaban J connectivity index is 1.77. The van der Waals surface area contributed by atoms with Gasteiger partial charge in [0.1, 0.15) is 11.3 Å². The van der Waals surface area contributed by atoms with E-state index in [1.165, 1.54) is 0 Å². The number of piperidine rings is 1. The molecule has 0 atom stereocenters. The van der Waals surface area contributed by atoms with Crippen molar-refractivity contribution in [1.29, 1.82) is 0 Å². The molecule has 0 radical (unpaired) electrons. The predicted molar refractivity (Wildman–Crippen MR) is 92.4 cm³/mol. The van der Waals surface area contributed by atoms with Crippen molar-refractivity contribution in [3.63, 3.8) is 0 Å². The molecule has 1 fully saturated rings. The maximum absolute atomic E-state index is 9.72. The lowest BCUT2D eigenvalue weighted by Gasteiger charge is -2.30. The zero-order valence-corrected chi connectivity index (χ0v) is 13.6. The Bertz CT molecular complexity index is 853. The standard InChI is InChI=1S/C18H20N4O2/c1-24-17-5-3-2-4-14(17)15-12-16-18(19-8-11-22(16)20-15)21-9-6-13(23)7-10-21/h2-5,8,11-13,23H,6-7,9-10H2,1H3. The van der Waals surface area contributed by atoms with E-state index >= 15 is 0 Å². The highest BCUT2D eigenvalue weighted by atomic mass is 16.5. The van der Waals surface area contributed by atoms with Gasteiger partial charge in [-0.3, -0.25) is 0 Å². The minimum Gasteiger partial charge on any atom is -0.496 e. The van der Waals surface area contributed by atoms with E-state index in [1.807, 2.05) is 41.0 Å². The van der Waals surface area contributed by atoms with Gasteiger partial charge in [-0.2, -0.15) is 5.10 Å². The number of aliphatic hydroxyl groups is 1. The summed E-state index contributed by atoms with van der Waals surface area (Å²) in [6.07, 6.45) is 4.98. The number of para-hydroxylation sites is 1. The first kappa shape index (κ1) is 15.0. The number of hydrogen-bond donors (Lipinski definition) is 1. The van der Waals surface area contributed by atoms with Gasteiger partial charge in [-0.05, 0) is 31.0 Å². The van der Waals surface area contributed by atoms with E-state index in [2.05, 4.69) is 15.0 Å². The van der Waals surface area contributed by atoms with Gasteiger partial charge in [-0.15, -0.1) is 0 Å². The van der Waals surface area contributed by atoms with E-state index < -0.39 is 0 Å². The van der Waals surface area contributed by atoms with Crippen LogP contribution in [0.15, 0.2) is 42.7 Å². The molecule has 0 saturated carbocycles. The Morgan fingerprint density at radius 1 is 1.21 bits per heavy atom. The molecule has 2 aromatic heterocycles. The van der Waals surface area contributed by atoms with Gasteiger partial charge in [-0.1, -0.05) is 12.1 Å². The van der Waals surface area contributed by atoms with Crippen LogP contribution in [0.3, 0.4) is 0 Å². The van der Waals surface area contributed by atoms with E-state index in [1.54, 1.807) is 13.3 Å². The predicted octanol–water partition coefficient (Wildman–Crippen LogP) is 2.37. The molecule has 0 amide bonds. The van der Waals surface area contributed by atoms with Crippen LogP contribution < -0.4 is 9.64 Å². The van der Waals surface area contributed by atoms with Gasteiger partial charge in [0.05, 0.1) is 18.9 Å². The first-order chi connectivity index (χ1) is 11.8. The second-order valence-electron chi connectivity index (χ2n) is 6.03. The van der Waals surface area contributed by atoms with Gasteiger partial charge in [0.25, 0.3) is 0 Å². The smallest absolute Gasteiger partial charge is 0.154 e. The lowest BCUT2D eigenvalue weighted by Crippen LogP contribution is -2.36. The molecule has 6 nitrogen and oxygen atoms in total. The summed E-state index contributed by atoms with van der Waals surface area (Å²) in [4.78, 5) is 6.78. The van der Waals surface area contributed by atoms with Crippen LogP contribution in [0.5, 0.6) is 5.75 Å². The number of rotatable bonds is 3. The molecule has 3 heterocycles. The van der Waals surface area contributed by atoms with Crippen LogP contribution in [0.25, 0.3) is 16.8 Å². The Morgan fingerprint density at radius 2 is 2.00 bits per heavy atom. The molecule has 24 heavy (non-hydrogen) atoms. The van der Waals surface area contributed by atoms with Crippen molar-refractivity contribution in [2.45, 2.75) is 18.9 Å². The van der Waals surface area contributed by atoms with Gasteiger partial charge in [-0.25, -0.2) is 9.50 Å². The Kier molecular flexibility index (Phi) is 3.82. The molecule has 0 bridgehead atoms. The largest absolute Gasteiger partial charge is 0.496 e. The zero-order valence-electron chi connectivity index (χ0n) is 13.6. The van der Waals surface area contributed by atoms with Crippen LogP contribution in [0, 0.1) is 0 Å².